The summed E-state index contributed by atoms with van der Waals surface area (Å²) in [5.74, 6) is -0.828. The maximum atomic E-state index is 12.9. The van der Waals surface area contributed by atoms with E-state index in [1.165, 1.54) is 327 Å². The zero-order chi connectivity index (χ0) is 57.8. The highest BCUT2D eigenvalue weighted by atomic mass is 16.6. The first-order valence-corrected chi connectivity index (χ1v) is 36.7. The number of rotatable bonds is 69. The molecule has 0 amide bonds. The first kappa shape index (κ1) is 78.1. The molecule has 0 aliphatic rings. The summed E-state index contributed by atoms with van der Waals surface area (Å²) in [4.78, 5) is 38.3. The number of hydrogen-bond acceptors (Lipinski definition) is 6. The van der Waals surface area contributed by atoms with Crippen LogP contribution in [0.1, 0.15) is 425 Å². The predicted molar refractivity (Wildman–Crippen MR) is 349 cm³/mol. The molecule has 1 unspecified atom stereocenters. The molecule has 0 N–H and O–H groups in total. The second-order valence-corrected chi connectivity index (χ2v) is 25.2. The normalized spacial score (nSPS) is 12.0. The maximum absolute atomic E-state index is 12.9. The molecule has 0 heterocycles. The van der Waals surface area contributed by atoms with Crippen LogP contribution in [-0.2, 0) is 28.6 Å². The van der Waals surface area contributed by atoms with E-state index in [0.717, 1.165) is 57.8 Å². The summed E-state index contributed by atoms with van der Waals surface area (Å²) in [6.45, 7) is 6.72. The summed E-state index contributed by atoms with van der Waals surface area (Å²) in [5.41, 5.74) is 0. The molecular weight excluding hydrogens is 985 g/mol. The van der Waals surface area contributed by atoms with Crippen molar-refractivity contribution in [3.63, 3.8) is 0 Å². The van der Waals surface area contributed by atoms with Crippen molar-refractivity contribution in [2.75, 3.05) is 13.2 Å². The average molecular weight is 1130 g/mol. The smallest absolute Gasteiger partial charge is 0.306 e. The molecule has 0 aliphatic heterocycles. The van der Waals surface area contributed by atoms with Gasteiger partial charge in [-0.05, 0) is 44.9 Å². The molecule has 0 aromatic rings. The lowest BCUT2D eigenvalue weighted by atomic mass is 10.0. The highest BCUT2D eigenvalue weighted by molar-refractivity contribution is 5.71. The molecule has 1 atom stereocenters. The molecule has 474 valence electrons. The number of carbonyl (C=O) groups excluding carboxylic acids is 3. The first-order chi connectivity index (χ1) is 39.5. The van der Waals surface area contributed by atoms with Crippen LogP contribution in [0.4, 0.5) is 0 Å². The third-order valence-corrected chi connectivity index (χ3v) is 17.0. The van der Waals surface area contributed by atoms with E-state index in [1.54, 1.807) is 0 Å². The van der Waals surface area contributed by atoms with Gasteiger partial charge in [0.2, 0.25) is 0 Å². The molecule has 0 aliphatic carbocycles. The van der Waals surface area contributed by atoms with Crippen molar-refractivity contribution >= 4 is 17.9 Å². The lowest BCUT2D eigenvalue weighted by Gasteiger charge is -2.18. The van der Waals surface area contributed by atoms with Gasteiger partial charge >= 0.3 is 17.9 Å². The van der Waals surface area contributed by atoms with Crippen LogP contribution in [0.3, 0.4) is 0 Å². The van der Waals surface area contributed by atoms with Gasteiger partial charge in [-0.25, -0.2) is 0 Å². The Labute approximate surface area is 501 Å². The van der Waals surface area contributed by atoms with Gasteiger partial charge in [-0.3, -0.25) is 14.4 Å². The van der Waals surface area contributed by atoms with Crippen molar-refractivity contribution < 1.29 is 28.6 Å². The SMILES string of the molecule is CCCCCCCCCC/C=C\CCCCCCCCCCCCCCCCCCCCCCCC(=O)OCC(COC(=O)CCCCCCCCCCCC)OC(=O)CCCCCCCCCCCCCCCCCCCCC. The fourth-order valence-electron chi connectivity index (χ4n) is 11.5. The lowest BCUT2D eigenvalue weighted by Crippen LogP contribution is -2.30. The van der Waals surface area contributed by atoms with Gasteiger partial charge in [0.25, 0.3) is 0 Å². The van der Waals surface area contributed by atoms with Crippen molar-refractivity contribution in [1.82, 2.24) is 0 Å². The highest BCUT2D eigenvalue weighted by Crippen LogP contribution is 2.19. The monoisotopic (exact) mass is 1130 g/mol. The minimum absolute atomic E-state index is 0.0619. The van der Waals surface area contributed by atoms with E-state index in [-0.39, 0.29) is 31.1 Å². The molecule has 0 spiro atoms. The molecule has 0 bridgehead atoms. The topological polar surface area (TPSA) is 78.9 Å². The van der Waals surface area contributed by atoms with Crippen molar-refractivity contribution in [1.29, 1.82) is 0 Å². The fraction of sp³-hybridized carbons (Fsp3) is 0.932. The summed E-state index contributed by atoms with van der Waals surface area (Å²) < 4.78 is 17.0. The van der Waals surface area contributed by atoms with Crippen LogP contribution in [0.15, 0.2) is 12.2 Å². The molecule has 0 aromatic carbocycles. The van der Waals surface area contributed by atoms with Crippen LogP contribution in [0.5, 0.6) is 0 Å². The van der Waals surface area contributed by atoms with Gasteiger partial charge < -0.3 is 14.2 Å². The zero-order valence-electron chi connectivity index (χ0n) is 54.6. The Morgan fingerprint density at radius 3 is 0.625 bits per heavy atom. The van der Waals surface area contributed by atoms with E-state index < -0.39 is 6.10 Å². The van der Waals surface area contributed by atoms with Crippen LogP contribution in [0.25, 0.3) is 0 Å². The van der Waals surface area contributed by atoms with Crippen molar-refractivity contribution in [2.24, 2.45) is 0 Å². The number of allylic oxidation sites excluding steroid dienone is 2. The summed E-state index contributed by atoms with van der Waals surface area (Å²) in [6, 6.07) is 0. The van der Waals surface area contributed by atoms with E-state index in [2.05, 4.69) is 32.9 Å². The van der Waals surface area contributed by atoms with Gasteiger partial charge in [0.05, 0.1) is 0 Å². The first-order valence-electron chi connectivity index (χ1n) is 36.7. The van der Waals surface area contributed by atoms with Crippen molar-refractivity contribution in [3.05, 3.63) is 12.2 Å². The molecular formula is C74H142O6. The second kappa shape index (κ2) is 69.6. The summed E-state index contributed by atoms with van der Waals surface area (Å²) in [6.07, 6.45) is 84.2. The standard InChI is InChI=1S/C74H142O6/c1-4-7-10-13-16-19-22-24-26-28-30-31-32-33-34-35-36-37-38-39-40-41-42-43-45-46-48-50-52-55-58-61-64-67-73(76)79-70-71(69-78-72(75)66-63-60-57-54-21-18-15-12-9-6-3)80-74(77)68-65-62-59-56-53-51-49-47-44-29-27-25-23-20-17-14-11-8-5-2/h28,30,71H,4-27,29,31-70H2,1-3H3/b30-28-. The molecule has 0 rings (SSSR count). The Hall–Kier alpha value is -1.85. The van der Waals surface area contributed by atoms with Gasteiger partial charge in [-0.15, -0.1) is 0 Å². The van der Waals surface area contributed by atoms with Gasteiger partial charge in [-0.2, -0.15) is 0 Å². The fourth-order valence-corrected chi connectivity index (χ4v) is 11.5. The minimum atomic E-state index is -0.764. The van der Waals surface area contributed by atoms with E-state index >= 15 is 0 Å². The number of carbonyl (C=O) groups is 3. The van der Waals surface area contributed by atoms with Crippen molar-refractivity contribution in [3.8, 4) is 0 Å². The second-order valence-electron chi connectivity index (χ2n) is 25.2. The third-order valence-electron chi connectivity index (χ3n) is 17.0. The number of unbranched alkanes of at least 4 members (excludes halogenated alkanes) is 56. The molecule has 6 heteroatoms. The summed E-state index contributed by atoms with van der Waals surface area (Å²) in [5, 5.41) is 0. The lowest BCUT2D eigenvalue weighted by molar-refractivity contribution is -0.167. The number of esters is 3. The summed E-state index contributed by atoms with van der Waals surface area (Å²) >= 11 is 0. The molecule has 0 saturated carbocycles. The quantitative estimate of drug-likeness (QED) is 0.0261. The Morgan fingerprint density at radius 1 is 0.237 bits per heavy atom. The molecule has 0 aromatic heterocycles. The van der Waals surface area contributed by atoms with E-state index in [1.807, 2.05) is 0 Å². The van der Waals surface area contributed by atoms with Crippen LogP contribution >= 0.6 is 0 Å². The van der Waals surface area contributed by atoms with E-state index in [4.69, 9.17) is 14.2 Å². The molecule has 6 nitrogen and oxygen atoms in total. The minimum Gasteiger partial charge on any atom is -0.462 e. The Bertz CT molecular complexity index is 1250. The molecule has 0 fully saturated rings. The largest absolute Gasteiger partial charge is 0.462 e. The van der Waals surface area contributed by atoms with Gasteiger partial charge in [0.1, 0.15) is 13.2 Å². The van der Waals surface area contributed by atoms with Crippen molar-refractivity contribution in [2.45, 2.75) is 431 Å². The molecule has 0 radical (unpaired) electrons. The average Bonchev–Trinajstić information content (AvgIpc) is 3.46. The van der Waals surface area contributed by atoms with Crippen LogP contribution in [0.2, 0.25) is 0 Å². The van der Waals surface area contributed by atoms with E-state index in [0.29, 0.717) is 19.3 Å². The Kier molecular flexibility index (Phi) is 68.0. The third kappa shape index (κ3) is 66.9. The summed E-state index contributed by atoms with van der Waals surface area (Å²) in [7, 11) is 0. The maximum Gasteiger partial charge on any atom is 0.306 e. The zero-order valence-corrected chi connectivity index (χ0v) is 54.6. The number of hydrogen-bond donors (Lipinski definition) is 0. The predicted octanol–water partition coefficient (Wildman–Crippen LogP) is 25.2. The Morgan fingerprint density at radius 2 is 0.412 bits per heavy atom. The van der Waals surface area contributed by atoms with E-state index in [9.17, 15) is 14.4 Å². The Balaban J connectivity index is 4.02. The molecule has 80 heavy (non-hydrogen) atoms. The van der Waals surface area contributed by atoms with Crippen LogP contribution < -0.4 is 0 Å². The number of ether oxygens (including phenoxy) is 3. The van der Waals surface area contributed by atoms with Gasteiger partial charge in [0, 0.05) is 19.3 Å². The highest BCUT2D eigenvalue weighted by Gasteiger charge is 2.20. The molecule has 0 saturated heterocycles. The van der Waals surface area contributed by atoms with Gasteiger partial charge in [0.15, 0.2) is 6.10 Å². The van der Waals surface area contributed by atoms with Crippen LogP contribution in [0, 0.1) is 0 Å². The van der Waals surface area contributed by atoms with Crippen LogP contribution in [-0.4, -0.2) is 37.2 Å². The van der Waals surface area contributed by atoms with Gasteiger partial charge in [-0.1, -0.05) is 373 Å².